The maximum absolute atomic E-state index is 6.93. The lowest BCUT2D eigenvalue weighted by Crippen LogP contribution is -2.41. The lowest BCUT2D eigenvalue weighted by Gasteiger charge is -2.37. The van der Waals surface area contributed by atoms with E-state index in [0.717, 1.165) is 52.5 Å². The van der Waals surface area contributed by atoms with Gasteiger partial charge in [0.2, 0.25) is 0 Å². The van der Waals surface area contributed by atoms with Crippen LogP contribution in [0.15, 0.2) is 71.6 Å². The van der Waals surface area contributed by atoms with Gasteiger partial charge in [-0.05, 0) is 108 Å². The molecule has 0 N–H and O–H groups in total. The molecule has 228 valence electrons. The molecule has 3 heterocycles. The van der Waals surface area contributed by atoms with Crippen LogP contribution >= 0.6 is 0 Å². The maximum atomic E-state index is 6.93. The van der Waals surface area contributed by atoms with Gasteiger partial charge in [-0.25, -0.2) is 0 Å². The molecule has 43 heavy (non-hydrogen) atoms. The molecule has 8 heteroatoms. The molecule has 2 aromatic rings. The molecular weight excluding hydrogens is 538 g/mol. The van der Waals surface area contributed by atoms with E-state index in [1.54, 1.807) is 0 Å². The molecule has 1 aliphatic carbocycles. The Bertz CT molecular complexity index is 1340. The Morgan fingerprint density at radius 2 is 1.16 bits per heavy atom. The van der Waals surface area contributed by atoms with Crippen molar-refractivity contribution in [1.82, 2.24) is 0 Å². The van der Waals surface area contributed by atoms with Gasteiger partial charge in [0.1, 0.15) is 0 Å². The van der Waals surface area contributed by atoms with Gasteiger partial charge in [-0.2, -0.15) is 0 Å². The molecule has 3 aliphatic heterocycles. The largest absolute Gasteiger partial charge is 0.495 e. The lowest BCUT2D eigenvalue weighted by molar-refractivity contribution is -0.178. The third-order valence-electron chi connectivity index (χ3n) is 10.3. The van der Waals surface area contributed by atoms with Gasteiger partial charge >= 0.3 is 14.2 Å². The van der Waals surface area contributed by atoms with Crippen molar-refractivity contribution < 1.29 is 28.1 Å². The number of hydrogen-bond acceptors (Lipinski definition) is 6. The molecule has 2 atom stereocenters. The quantitative estimate of drug-likeness (QED) is 0.329. The Hall–Kier alpha value is -2.19. The fraction of sp³-hybridized carbons (Fsp3) is 0.543. The molecule has 1 unspecified atom stereocenters. The molecule has 2 aromatic carbocycles. The van der Waals surface area contributed by atoms with Crippen molar-refractivity contribution in [3.05, 3.63) is 82.7 Å². The summed E-state index contributed by atoms with van der Waals surface area (Å²) in [5.74, 6) is 0. The van der Waals surface area contributed by atoms with Crippen LogP contribution in [0.2, 0.25) is 0 Å². The minimum absolute atomic E-state index is 0.288. The zero-order valence-corrected chi connectivity index (χ0v) is 27.1. The second kappa shape index (κ2) is 11.3. The minimum Gasteiger partial charge on any atom is -0.399 e. The summed E-state index contributed by atoms with van der Waals surface area (Å²) in [4.78, 5) is 0. The predicted molar refractivity (Wildman–Crippen MR) is 172 cm³/mol. The van der Waals surface area contributed by atoms with Crippen molar-refractivity contribution in [2.45, 2.75) is 116 Å². The summed E-state index contributed by atoms with van der Waals surface area (Å²) in [5, 5.41) is 0. The number of ether oxygens (including phenoxy) is 2. The molecule has 3 saturated heterocycles. The number of hydrogen-bond donors (Lipinski definition) is 0. The van der Waals surface area contributed by atoms with Crippen molar-refractivity contribution in [2.24, 2.45) is 0 Å². The van der Waals surface area contributed by atoms with Crippen molar-refractivity contribution in [3.8, 4) is 0 Å². The van der Waals surface area contributed by atoms with Crippen LogP contribution in [0, 0.1) is 0 Å². The van der Waals surface area contributed by atoms with E-state index in [2.05, 4.69) is 110 Å². The monoisotopic (exact) mass is 584 g/mol. The predicted octanol–water partition coefficient (Wildman–Crippen LogP) is 7.47. The van der Waals surface area contributed by atoms with Crippen LogP contribution in [0.4, 0.5) is 0 Å². The molecule has 0 amide bonds. The summed E-state index contributed by atoms with van der Waals surface area (Å²) >= 11 is 0. The van der Waals surface area contributed by atoms with Crippen LogP contribution in [0.3, 0.4) is 0 Å². The number of allylic oxidation sites excluding steroid dienone is 2. The summed E-state index contributed by atoms with van der Waals surface area (Å²) in [6.07, 6.45) is 2.99. The van der Waals surface area contributed by atoms with Gasteiger partial charge in [0.05, 0.1) is 28.5 Å². The minimum atomic E-state index is -0.622. The Labute approximate surface area is 258 Å². The number of benzene rings is 2. The first-order chi connectivity index (χ1) is 20.3. The van der Waals surface area contributed by atoms with E-state index in [1.807, 2.05) is 6.07 Å². The highest BCUT2D eigenvalue weighted by atomic mass is 16.7. The highest BCUT2D eigenvalue weighted by Crippen LogP contribution is 2.51. The van der Waals surface area contributed by atoms with Crippen LogP contribution in [-0.4, -0.2) is 55.6 Å². The fourth-order valence-corrected chi connectivity index (χ4v) is 6.30. The molecule has 6 rings (SSSR count). The first kappa shape index (κ1) is 30.8. The van der Waals surface area contributed by atoms with E-state index in [1.165, 1.54) is 0 Å². The van der Waals surface area contributed by atoms with E-state index < -0.39 is 36.6 Å². The topological polar surface area (TPSA) is 55.4 Å². The Balaban J connectivity index is 1.61. The van der Waals surface area contributed by atoms with Gasteiger partial charge < -0.3 is 28.1 Å². The average Bonchev–Trinajstić information content (AvgIpc) is 3.32. The summed E-state index contributed by atoms with van der Waals surface area (Å²) in [6, 6.07) is 21.0. The smallest absolute Gasteiger partial charge is 0.399 e. The maximum Gasteiger partial charge on any atom is 0.495 e. The molecule has 0 aromatic heterocycles. The molecule has 6 nitrogen and oxygen atoms in total. The fourth-order valence-electron chi connectivity index (χ4n) is 6.30. The third-order valence-corrected chi connectivity index (χ3v) is 10.3. The molecular formula is C35H46B2O6. The summed E-state index contributed by atoms with van der Waals surface area (Å²) < 4.78 is 40.3. The van der Waals surface area contributed by atoms with Crippen LogP contribution in [-0.2, 0) is 28.1 Å². The van der Waals surface area contributed by atoms with Crippen molar-refractivity contribution in [3.63, 3.8) is 0 Å². The Morgan fingerprint density at radius 1 is 0.651 bits per heavy atom. The SMILES string of the molecule is CC1(C)OB(C2=C(c3ccccc3)C[C@H](OC3CCCCO3)C(B3OC(C)(C)C(C)(C)O3)=C2c2ccccc2)OC1(C)C. The Morgan fingerprint density at radius 3 is 1.67 bits per heavy atom. The van der Waals surface area contributed by atoms with Gasteiger partial charge in [0.25, 0.3) is 0 Å². The zero-order chi connectivity index (χ0) is 30.6. The average molecular weight is 584 g/mol. The highest BCUT2D eigenvalue weighted by molar-refractivity contribution is 6.64. The van der Waals surface area contributed by atoms with E-state index in [-0.39, 0.29) is 12.4 Å². The Kier molecular flexibility index (Phi) is 8.11. The van der Waals surface area contributed by atoms with E-state index >= 15 is 0 Å². The normalized spacial score (nSPS) is 28.1. The van der Waals surface area contributed by atoms with Crippen LogP contribution in [0.1, 0.15) is 92.2 Å². The second-order valence-corrected chi connectivity index (χ2v) is 14.3. The van der Waals surface area contributed by atoms with Crippen LogP contribution < -0.4 is 0 Å². The van der Waals surface area contributed by atoms with E-state index in [4.69, 9.17) is 28.1 Å². The zero-order valence-electron chi connectivity index (χ0n) is 27.1. The van der Waals surface area contributed by atoms with Gasteiger partial charge in [-0.15, -0.1) is 0 Å². The van der Waals surface area contributed by atoms with Gasteiger partial charge in [-0.3, -0.25) is 0 Å². The van der Waals surface area contributed by atoms with Gasteiger partial charge in [-0.1, -0.05) is 60.7 Å². The molecule has 0 spiro atoms. The van der Waals surface area contributed by atoms with Crippen LogP contribution in [0.5, 0.6) is 0 Å². The standard InChI is InChI=1S/C35H46B2O6/c1-32(2)33(3,4)41-36(40-32)30-26(24-17-11-9-12-18-24)23-27(39-28-21-15-16-22-38-28)31(29(30)25-19-13-10-14-20-25)37-42-34(5,6)35(7,8)43-37/h9-14,17-20,27-28H,15-16,21-23H2,1-8H3/t27-,28?/m0/s1. The highest BCUT2D eigenvalue weighted by Gasteiger charge is 2.58. The van der Waals surface area contributed by atoms with Crippen molar-refractivity contribution >= 4 is 25.4 Å². The van der Waals surface area contributed by atoms with Gasteiger partial charge in [0.15, 0.2) is 6.29 Å². The third kappa shape index (κ3) is 5.71. The van der Waals surface area contributed by atoms with E-state index in [9.17, 15) is 0 Å². The second-order valence-electron chi connectivity index (χ2n) is 14.3. The van der Waals surface area contributed by atoms with E-state index in [0.29, 0.717) is 13.0 Å². The van der Waals surface area contributed by atoms with Gasteiger partial charge in [0, 0.05) is 13.0 Å². The van der Waals surface area contributed by atoms with Crippen molar-refractivity contribution in [1.29, 1.82) is 0 Å². The summed E-state index contributed by atoms with van der Waals surface area (Å²) in [5.41, 5.74) is 4.20. The first-order valence-corrected chi connectivity index (χ1v) is 15.9. The molecule has 0 saturated carbocycles. The molecule has 0 bridgehead atoms. The molecule has 3 fully saturated rings. The van der Waals surface area contributed by atoms with Crippen molar-refractivity contribution in [2.75, 3.05) is 6.61 Å². The molecule has 4 aliphatic rings. The van der Waals surface area contributed by atoms with Crippen LogP contribution in [0.25, 0.3) is 11.1 Å². The lowest BCUT2D eigenvalue weighted by atomic mass is 9.57. The first-order valence-electron chi connectivity index (χ1n) is 15.9. The summed E-state index contributed by atoms with van der Waals surface area (Å²) in [7, 11) is -1.22. The number of rotatable bonds is 6. The summed E-state index contributed by atoms with van der Waals surface area (Å²) in [6.45, 7) is 17.5. The molecule has 0 radical (unpaired) electrons.